The highest BCUT2D eigenvalue weighted by Crippen LogP contribution is 2.32. The summed E-state index contributed by atoms with van der Waals surface area (Å²) in [5, 5.41) is 59.0. The Morgan fingerprint density at radius 3 is 1.38 bits per heavy atom. The van der Waals surface area contributed by atoms with Crippen LogP contribution in [0.15, 0.2) is 216 Å². The fourth-order valence-electron chi connectivity index (χ4n) is 12.4. The van der Waals surface area contributed by atoms with Crippen molar-refractivity contribution in [3.8, 4) is 11.5 Å². The first kappa shape index (κ1) is 96.8. The molecular weight excluding hydrogens is 1810 g/mol. The van der Waals surface area contributed by atoms with Crippen LogP contribution < -0.4 is 59.0 Å². The van der Waals surface area contributed by atoms with Crippen molar-refractivity contribution < 1.29 is 57.5 Å². The molecule has 9 aromatic heterocycles. The van der Waals surface area contributed by atoms with Gasteiger partial charge in [-0.1, -0.05) is 151 Å². The van der Waals surface area contributed by atoms with Gasteiger partial charge in [0.25, 0.3) is 0 Å². The second-order valence-electron chi connectivity index (χ2n) is 32.1. The van der Waals surface area contributed by atoms with Crippen LogP contribution in [0.4, 0.5) is 4.79 Å². The maximum atomic E-state index is 12.7. The number of carbonyl (C=O) groups excluding carboxylic acids is 5. The molecule has 0 fully saturated rings. The molecular formula is C90H105Br2ClN22O12S. The summed E-state index contributed by atoms with van der Waals surface area (Å²) in [7, 11) is 1.56. The Bertz CT molecular complexity index is 5970. The average Bonchev–Trinajstić information content (AvgIpc) is 1.63. The Kier molecular flexibility index (Phi) is 34.2. The van der Waals surface area contributed by atoms with Gasteiger partial charge in [-0.2, -0.15) is 0 Å². The number of hydrogen-bond acceptors (Lipinski definition) is 26. The predicted octanol–water partition coefficient (Wildman–Crippen LogP) is 11.8. The number of alkyl carbamates (subject to hydrolysis) is 1. The van der Waals surface area contributed by atoms with Crippen molar-refractivity contribution in [1.82, 2.24) is 90.0 Å². The fourth-order valence-corrected chi connectivity index (χ4v) is 14.4. The number of nitrogens with zero attached hydrogens (tertiary/aromatic N) is 13. The summed E-state index contributed by atoms with van der Waals surface area (Å²) in [6.07, 6.45) is 6.54. The van der Waals surface area contributed by atoms with E-state index in [1.165, 1.54) is 0 Å². The number of nitrogens with two attached hydrogens (primary N) is 4. The van der Waals surface area contributed by atoms with Crippen molar-refractivity contribution in [2.75, 3.05) is 40.1 Å². The number of pyridine rings is 4. The van der Waals surface area contributed by atoms with Crippen LogP contribution in [0.2, 0.25) is 5.02 Å². The second-order valence-corrected chi connectivity index (χ2v) is 35.5. The Morgan fingerprint density at radius 1 is 0.469 bits per heavy atom. The van der Waals surface area contributed by atoms with Crippen molar-refractivity contribution in [3.63, 3.8) is 0 Å². The lowest BCUT2D eigenvalue weighted by Crippen LogP contribution is -2.51. The average molecular weight is 1910 g/mol. The van der Waals surface area contributed by atoms with E-state index in [1.54, 1.807) is 134 Å². The molecule has 14 aromatic rings. The van der Waals surface area contributed by atoms with Crippen LogP contribution in [0.5, 0.6) is 11.5 Å². The molecule has 0 saturated carbocycles. The zero-order valence-electron chi connectivity index (χ0n) is 72.2. The molecule has 0 aliphatic rings. The van der Waals surface area contributed by atoms with Crippen LogP contribution in [0.3, 0.4) is 0 Å². The molecule has 0 radical (unpaired) electrons. The fraction of sp³-hybridized carbons (Fsp3) is 0.333. The molecule has 0 bridgehead atoms. The van der Waals surface area contributed by atoms with Crippen molar-refractivity contribution in [1.29, 1.82) is 0 Å². The van der Waals surface area contributed by atoms with Gasteiger partial charge >= 0.3 is 6.09 Å². The number of aromatic nitrogens is 13. The number of ether oxygens (including phenoxy) is 6. The summed E-state index contributed by atoms with van der Waals surface area (Å²) in [6.45, 7) is 15.6. The number of rotatable bonds is 36. The summed E-state index contributed by atoms with van der Waals surface area (Å²) in [5.41, 5.74) is 27.6. The molecule has 38 heteroatoms. The second kappa shape index (κ2) is 45.2. The molecule has 34 nitrogen and oxygen atoms in total. The van der Waals surface area contributed by atoms with E-state index in [4.69, 9.17) is 68.1 Å². The zero-order valence-corrected chi connectivity index (χ0v) is 77.0. The summed E-state index contributed by atoms with van der Waals surface area (Å²) >= 11 is 14.8. The number of benzene rings is 5. The van der Waals surface area contributed by atoms with Gasteiger partial charge in [0, 0.05) is 47.1 Å². The van der Waals surface area contributed by atoms with E-state index >= 15 is 0 Å². The number of unbranched alkanes of at least 4 members (excludes halogenated alkanes) is 1. The standard InChI is InChI=1S/C26H28BrN5O3.C25H34N6O5.C20H24BrN5O3.C19H19ClN6OS/c1-26(2,28)25(33)29-21(17-34-15-18-9-5-3-6-10-18)23-30-31-24-22(13-20(27)14-32(23)24)35-16-19-11-7-4-8-12-19;1-25(2,26)23(33)28-20(17-35-15-18-9-4-3-5-10-18)22-30-29-21-12-8-11-19(31(21)22)16-36-24(34)27-13-6-7-14-32;1-20(2,22)19(27)23-15(12-29-11-13-7-5-4-6-8-13)17-24-25-18-16(28-3)9-14(21)10-26(17)18;1-19(2,21)18(27)23-13(9-16-22-12-5-3-4-6-14(12)28-16)17-25-24-15-8-7-11(20)10-26(15)17/h3-14,21H,15-17,28H2,1-2H3,(H,29,33);3-5,8-12,20,32H,6-7,13-17,26H2,1-2H3,(H,27,34)(H,28,33);4-10,15H,11-12,22H2,1-3H3,(H,23,27);3-8,10,13H,9,21H2,1-2H3,(H,23,27)/t21-;20-;15-;13-/m1111/s1. The van der Waals surface area contributed by atoms with E-state index in [2.05, 4.69) is 104 Å². The van der Waals surface area contributed by atoms with Crippen LogP contribution >= 0.6 is 54.8 Å². The third-order valence-corrected chi connectivity index (χ3v) is 21.4. The molecule has 0 aliphatic heterocycles. The number of hydrogen-bond donors (Lipinski definition) is 10. The lowest BCUT2D eigenvalue weighted by molar-refractivity contribution is -0.127. The number of fused-ring (bicyclic) bond motifs is 5. The first-order valence-electron chi connectivity index (χ1n) is 40.9. The van der Waals surface area contributed by atoms with Gasteiger partial charge in [-0.15, -0.1) is 52.1 Å². The van der Waals surface area contributed by atoms with Crippen molar-refractivity contribution in [3.05, 3.63) is 277 Å². The highest BCUT2D eigenvalue weighted by Gasteiger charge is 2.34. The van der Waals surface area contributed by atoms with E-state index in [0.29, 0.717) is 120 Å². The molecule has 14 N–H and O–H groups in total. The smallest absolute Gasteiger partial charge is 0.407 e. The maximum Gasteiger partial charge on any atom is 0.407 e. The molecule has 9 heterocycles. The Morgan fingerprint density at radius 2 is 0.898 bits per heavy atom. The third-order valence-electron chi connectivity index (χ3n) is 19.2. The van der Waals surface area contributed by atoms with Crippen LogP contribution in [-0.4, -0.2) is 160 Å². The molecule has 14 rings (SSSR count). The summed E-state index contributed by atoms with van der Waals surface area (Å²) in [4.78, 5) is 67.4. The van der Waals surface area contributed by atoms with Gasteiger partial charge in [0.05, 0.1) is 101 Å². The summed E-state index contributed by atoms with van der Waals surface area (Å²) in [5.74, 6) is 1.88. The van der Waals surface area contributed by atoms with Gasteiger partial charge in [-0.3, -0.25) is 36.8 Å². The molecule has 0 aliphatic carbocycles. The minimum atomic E-state index is -1.11. The third kappa shape index (κ3) is 27.6. The van der Waals surface area contributed by atoms with Crippen LogP contribution in [0.25, 0.3) is 32.8 Å². The topological polar surface area (TPSA) is 459 Å². The van der Waals surface area contributed by atoms with Crippen molar-refractivity contribution >= 4 is 117 Å². The number of aliphatic hydroxyl groups is 1. The van der Waals surface area contributed by atoms with E-state index in [0.717, 1.165) is 46.4 Å². The van der Waals surface area contributed by atoms with E-state index in [9.17, 15) is 24.0 Å². The molecule has 0 spiro atoms. The predicted molar refractivity (Wildman–Crippen MR) is 492 cm³/mol. The highest BCUT2D eigenvalue weighted by atomic mass is 79.9. The summed E-state index contributed by atoms with van der Waals surface area (Å²) < 4.78 is 44.3. The Labute approximate surface area is 765 Å². The number of thiazole rings is 1. The number of methoxy groups -OCH3 is 1. The SMILES string of the molecule is CC(C)(N)C(=O)N[C@H](COCc1ccccc1)c1nnc2c(OCc3ccccc3)cc(Br)cn12.CC(C)(N)C(=O)N[C@H](COCc1ccccc1)c1nnc2cccc(COC(=O)NCCCCO)n12.CC(C)(N)C(=O)N[C@H](Cc1nc2ccccc2s1)c1nnc2ccc(Cl)cn12.COc1cc(Br)cn2c([C@@H](COCc3ccccc3)NC(=O)C(C)(C)N)nnc12. The first-order valence-corrected chi connectivity index (χ1v) is 43.7. The number of halogens is 3. The maximum absolute atomic E-state index is 12.7. The first-order chi connectivity index (χ1) is 61.2. The van der Waals surface area contributed by atoms with Crippen LogP contribution in [0.1, 0.15) is 149 Å². The quantitative estimate of drug-likeness (QED) is 0.0163. The van der Waals surface area contributed by atoms with E-state index in [1.807, 2.05) is 164 Å². The Balaban J connectivity index is 0.000000166. The van der Waals surface area contributed by atoms with Crippen molar-refractivity contribution in [2.45, 2.75) is 154 Å². The lowest BCUT2D eigenvalue weighted by atomic mass is 10.0. The number of para-hydroxylation sites is 1. The largest absolute Gasteiger partial charge is 0.493 e. The highest BCUT2D eigenvalue weighted by molar-refractivity contribution is 9.10. The van der Waals surface area contributed by atoms with Crippen LogP contribution in [0, 0.1) is 0 Å². The number of carbonyl (C=O) groups is 5. The lowest BCUT2D eigenvalue weighted by Gasteiger charge is -2.24. The molecule has 0 saturated heterocycles. The van der Waals surface area contributed by atoms with Gasteiger partial charge in [-0.25, -0.2) is 9.78 Å². The Hall–Kier alpha value is -11.9. The minimum absolute atomic E-state index is 0.0395. The van der Waals surface area contributed by atoms with Crippen LogP contribution in [-0.2, 0) is 77.6 Å². The monoisotopic (exact) mass is 1910 g/mol. The zero-order chi connectivity index (χ0) is 91.7. The molecule has 5 aromatic carbocycles. The molecule has 128 heavy (non-hydrogen) atoms. The van der Waals surface area contributed by atoms with Gasteiger partial charge in [-0.05, 0) is 171 Å². The molecule has 0 unspecified atom stereocenters. The van der Waals surface area contributed by atoms with Gasteiger partial charge in [0.2, 0.25) is 34.9 Å². The van der Waals surface area contributed by atoms with E-state index < -0.39 is 52.4 Å². The normalized spacial score (nSPS) is 12.6. The van der Waals surface area contributed by atoms with Gasteiger partial charge < -0.3 is 83.0 Å². The molecule has 674 valence electrons. The molecule has 4 atom stereocenters. The van der Waals surface area contributed by atoms with Gasteiger partial charge in [0.15, 0.2) is 46.1 Å². The van der Waals surface area contributed by atoms with Crippen molar-refractivity contribution in [2.24, 2.45) is 22.9 Å². The summed E-state index contributed by atoms with van der Waals surface area (Å²) in [6, 6.07) is 57.4. The molecule has 5 amide bonds. The number of aliphatic hydroxyl groups excluding tert-OH is 1. The van der Waals surface area contributed by atoms with E-state index in [-0.39, 0.29) is 56.7 Å². The van der Waals surface area contributed by atoms with Gasteiger partial charge in [0.1, 0.15) is 31.3 Å². The number of nitrogens with one attached hydrogen (secondary N) is 5. The number of amides is 5. The minimum Gasteiger partial charge on any atom is -0.493 e.